The molecule has 0 radical (unpaired) electrons. The van der Waals surface area contributed by atoms with Crippen LogP contribution in [0.4, 0.5) is 0 Å². The second kappa shape index (κ2) is 5.17. The number of carbonyl (C=O) groups is 1. The Morgan fingerprint density at radius 3 is 3.11 bits per heavy atom. The zero-order valence-corrected chi connectivity index (χ0v) is 11.8. The van der Waals surface area contributed by atoms with Gasteiger partial charge in [0.25, 0.3) is 0 Å². The predicted molar refractivity (Wildman–Crippen MR) is 76.1 cm³/mol. The first-order valence-corrected chi connectivity index (χ1v) is 6.98. The fourth-order valence-corrected chi connectivity index (χ4v) is 2.60. The second-order valence-corrected chi connectivity index (χ2v) is 5.51. The molecular weight excluding hydrogens is 308 g/mol. The van der Waals surface area contributed by atoms with Crippen LogP contribution < -0.4 is 10.1 Å². The van der Waals surface area contributed by atoms with E-state index in [9.17, 15) is 4.79 Å². The normalized spacial score (nSPS) is 18.6. The molecule has 98 valence electrons. The average Bonchev–Trinajstić information content (AvgIpc) is 2.81. The van der Waals surface area contributed by atoms with Crippen LogP contribution in [0.1, 0.15) is 12.8 Å². The molecule has 3 rings (SSSR count). The van der Waals surface area contributed by atoms with Crippen LogP contribution in [0.25, 0.3) is 10.8 Å². The molecule has 1 aromatic carbocycles. The van der Waals surface area contributed by atoms with E-state index in [2.05, 4.69) is 26.2 Å². The van der Waals surface area contributed by atoms with Crippen molar-refractivity contribution in [1.29, 1.82) is 0 Å². The van der Waals surface area contributed by atoms with Crippen molar-refractivity contribution in [3.05, 3.63) is 34.9 Å². The lowest BCUT2D eigenvalue weighted by molar-refractivity contribution is -0.119. The van der Waals surface area contributed by atoms with Gasteiger partial charge in [0.1, 0.15) is 6.61 Å². The van der Waals surface area contributed by atoms with Crippen molar-refractivity contribution in [2.45, 2.75) is 18.9 Å². The number of fused-ring (bicyclic) bond motifs is 1. The first-order chi connectivity index (χ1) is 9.22. The van der Waals surface area contributed by atoms with Gasteiger partial charge in [-0.05, 0) is 36.1 Å². The number of ether oxygens (including phenoxy) is 1. The lowest BCUT2D eigenvalue weighted by atomic mass is 10.2. The topological polar surface area (TPSA) is 51.2 Å². The number of rotatable bonds is 3. The standard InChI is InChI=1S/C14H13BrN2O2/c15-10-1-3-12-9(7-10)5-6-16-14(12)19-8-11-2-4-13(18)17-11/h1,3,5-7,11H,2,4,8H2,(H,17,18)/t11-/m0/s1. The number of amides is 1. The molecule has 19 heavy (non-hydrogen) atoms. The van der Waals surface area contributed by atoms with Gasteiger partial charge < -0.3 is 10.1 Å². The summed E-state index contributed by atoms with van der Waals surface area (Å²) in [5.74, 6) is 0.717. The zero-order chi connectivity index (χ0) is 13.2. The number of hydrogen-bond acceptors (Lipinski definition) is 3. The fraction of sp³-hybridized carbons (Fsp3) is 0.286. The maximum atomic E-state index is 11.1. The Morgan fingerprint density at radius 2 is 2.32 bits per heavy atom. The Labute approximate surface area is 119 Å². The van der Waals surface area contributed by atoms with Gasteiger partial charge in [-0.2, -0.15) is 0 Å². The number of aromatic nitrogens is 1. The molecular formula is C14H13BrN2O2. The molecule has 2 heterocycles. The molecule has 0 unspecified atom stereocenters. The lowest BCUT2D eigenvalue weighted by Gasteiger charge is -2.12. The van der Waals surface area contributed by atoms with E-state index in [1.807, 2.05) is 24.3 Å². The van der Waals surface area contributed by atoms with Crippen LogP contribution in [0.5, 0.6) is 5.88 Å². The van der Waals surface area contributed by atoms with Gasteiger partial charge in [-0.25, -0.2) is 4.98 Å². The summed E-state index contributed by atoms with van der Waals surface area (Å²) >= 11 is 3.45. The van der Waals surface area contributed by atoms with Gasteiger partial charge in [-0.1, -0.05) is 15.9 Å². The molecule has 1 fully saturated rings. The minimum atomic E-state index is 0.0972. The van der Waals surface area contributed by atoms with E-state index in [0.717, 1.165) is 21.7 Å². The second-order valence-electron chi connectivity index (χ2n) is 4.60. The summed E-state index contributed by atoms with van der Waals surface area (Å²) in [6.07, 6.45) is 3.15. The fourth-order valence-electron chi connectivity index (χ4n) is 2.22. The molecule has 4 nitrogen and oxygen atoms in total. The van der Waals surface area contributed by atoms with Crippen molar-refractivity contribution >= 4 is 32.6 Å². The Morgan fingerprint density at radius 1 is 1.42 bits per heavy atom. The molecule has 0 spiro atoms. The van der Waals surface area contributed by atoms with Gasteiger partial charge in [0.2, 0.25) is 11.8 Å². The molecule has 0 aliphatic carbocycles. The van der Waals surface area contributed by atoms with Crippen LogP contribution in [0.15, 0.2) is 34.9 Å². The number of nitrogens with zero attached hydrogens (tertiary/aromatic N) is 1. The minimum absolute atomic E-state index is 0.0972. The Bertz CT molecular complexity index is 630. The van der Waals surface area contributed by atoms with E-state index in [1.165, 1.54) is 0 Å². The summed E-state index contributed by atoms with van der Waals surface area (Å²) in [6, 6.07) is 8.02. The molecule has 0 saturated carbocycles. The van der Waals surface area contributed by atoms with Crippen molar-refractivity contribution in [3.63, 3.8) is 0 Å². The van der Waals surface area contributed by atoms with Crippen LogP contribution in [-0.4, -0.2) is 23.5 Å². The highest BCUT2D eigenvalue weighted by Gasteiger charge is 2.21. The first-order valence-electron chi connectivity index (χ1n) is 6.19. The average molecular weight is 321 g/mol. The maximum Gasteiger partial charge on any atom is 0.221 e. The molecule has 2 aromatic rings. The van der Waals surface area contributed by atoms with Crippen LogP contribution in [0, 0.1) is 0 Å². The minimum Gasteiger partial charge on any atom is -0.475 e. The highest BCUT2D eigenvalue weighted by Crippen LogP contribution is 2.26. The summed E-state index contributed by atoms with van der Waals surface area (Å²) < 4.78 is 6.78. The molecule has 1 aliphatic heterocycles. The van der Waals surface area contributed by atoms with Gasteiger partial charge in [0.05, 0.1) is 6.04 Å². The van der Waals surface area contributed by atoms with Crippen molar-refractivity contribution < 1.29 is 9.53 Å². The number of hydrogen-bond donors (Lipinski definition) is 1. The van der Waals surface area contributed by atoms with E-state index in [1.54, 1.807) is 6.20 Å². The molecule has 1 aliphatic rings. The van der Waals surface area contributed by atoms with Gasteiger partial charge >= 0.3 is 0 Å². The molecule has 1 saturated heterocycles. The third kappa shape index (κ3) is 2.71. The van der Waals surface area contributed by atoms with Gasteiger partial charge in [-0.15, -0.1) is 0 Å². The van der Waals surface area contributed by atoms with Crippen molar-refractivity contribution in [2.75, 3.05) is 6.61 Å². The van der Waals surface area contributed by atoms with Crippen molar-refractivity contribution in [1.82, 2.24) is 10.3 Å². The summed E-state index contributed by atoms with van der Waals surface area (Å²) in [4.78, 5) is 15.4. The smallest absolute Gasteiger partial charge is 0.221 e. The first kappa shape index (κ1) is 12.4. The van der Waals surface area contributed by atoms with E-state index in [-0.39, 0.29) is 11.9 Å². The monoisotopic (exact) mass is 320 g/mol. The molecule has 1 N–H and O–H groups in total. The summed E-state index contributed by atoms with van der Waals surface area (Å²) in [6.45, 7) is 0.466. The highest BCUT2D eigenvalue weighted by atomic mass is 79.9. The van der Waals surface area contributed by atoms with Crippen LogP contribution in [-0.2, 0) is 4.79 Å². The third-order valence-corrected chi connectivity index (χ3v) is 3.69. The quantitative estimate of drug-likeness (QED) is 0.945. The zero-order valence-electron chi connectivity index (χ0n) is 10.2. The summed E-state index contributed by atoms with van der Waals surface area (Å²) in [7, 11) is 0. The number of halogens is 1. The number of pyridine rings is 1. The molecule has 1 aromatic heterocycles. The van der Waals surface area contributed by atoms with Gasteiger partial charge in [0, 0.05) is 22.5 Å². The van der Waals surface area contributed by atoms with Crippen LogP contribution in [0.3, 0.4) is 0 Å². The van der Waals surface area contributed by atoms with Gasteiger partial charge in [0.15, 0.2) is 0 Å². The van der Waals surface area contributed by atoms with Crippen molar-refractivity contribution in [2.24, 2.45) is 0 Å². The molecule has 1 amide bonds. The Kier molecular flexibility index (Phi) is 3.38. The Balaban J connectivity index is 1.79. The number of nitrogens with one attached hydrogen (secondary N) is 1. The van der Waals surface area contributed by atoms with Gasteiger partial charge in [-0.3, -0.25) is 4.79 Å². The summed E-state index contributed by atoms with van der Waals surface area (Å²) in [5, 5.41) is 4.94. The van der Waals surface area contributed by atoms with Crippen LogP contribution >= 0.6 is 15.9 Å². The molecule has 5 heteroatoms. The highest BCUT2D eigenvalue weighted by molar-refractivity contribution is 9.10. The molecule has 0 bridgehead atoms. The molecule has 1 atom stereocenters. The number of benzene rings is 1. The van der Waals surface area contributed by atoms with E-state index < -0.39 is 0 Å². The Hall–Kier alpha value is -1.62. The van der Waals surface area contributed by atoms with E-state index in [4.69, 9.17) is 4.74 Å². The van der Waals surface area contributed by atoms with E-state index in [0.29, 0.717) is 18.9 Å². The van der Waals surface area contributed by atoms with Crippen LogP contribution in [0.2, 0.25) is 0 Å². The predicted octanol–water partition coefficient (Wildman–Crippen LogP) is 2.65. The lowest BCUT2D eigenvalue weighted by Crippen LogP contribution is -2.31. The third-order valence-electron chi connectivity index (χ3n) is 3.20. The largest absolute Gasteiger partial charge is 0.475 e. The summed E-state index contributed by atoms with van der Waals surface area (Å²) in [5.41, 5.74) is 0. The van der Waals surface area contributed by atoms with Crippen molar-refractivity contribution in [3.8, 4) is 5.88 Å². The number of carbonyl (C=O) groups excluding carboxylic acids is 1. The maximum absolute atomic E-state index is 11.1. The SMILES string of the molecule is O=C1CC[C@@H](COc2nccc3cc(Br)ccc23)N1. The van der Waals surface area contributed by atoms with E-state index >= 15 is 0 Å².